The van der Waals surface area contributed by atoms with Gasteiger partial charge < -0.3 is 5.11 Å². The normalized spacial score (nSPS) is 31.7. The second kappa shape index (κ2) is 4.41. The first-order valence-electron chi connectivity index (χ1n) is 6.85. The van der Waals surface area contributed by atoms with E-state index in [1.54, 1.807) is 0 Å². The zero-order valence-electron chi connectivity index (χ0n) is 11.3. The van der Waals surface area contributed by atoms with Crippen LogP contribution in [0.5, 0.6) is 0 Å². The summed E-state index contributed by atoms with van der Waals surface area (Å²) in [6, 6.07) is -0.191. The molecule has 118 valence electrons. The molecule has 1 atom stereocenters. The van der Waals surface area contributed by atoms with Crippen LogP contribution in [0.1, 0.15) is 55.3 Å². The monoisotopic (exact) mass is 310 g/mol. The van der Waals surface area contributed by atoms with Crippen molar-refractivity contribution in [2.45, 2.75) is 56.9 Å². The minimum atomic E-state index is -4.85. The molecule has 0 aliphatic heterocycles. The van der Waals surface area contributed by atoms with E-state index in [2.05, 4.69) is 5.10 Å². The van der Waals surface area contributed by atoms with Gasteiger partial charge in [0.1, 0.15) is 6.10 Å². The van der Waals surface area contributed by atoms with E-state index in [1.165, 1.54) is 4.68 Å². The van der Waals surface area contributed by atoms with E-state index in [-0.39, 0.29) is 18.2 Å². The minimum absolute atomic E-state index is 0.109. The molecule has 2 aliphatic rings. The lowest BCUT2D eigenvalue weighted by Gasteiger charge is -2.35. The summed E-state index contributed by atoms with van der Waals surface area (Å²) < 4.78 is 67.5. The number of nitrogens with zero attached hydrogens (tertiary/aromatic N) is 2. The molecular weight excluding hydrogens is 295 g/mol. The third-order valence-corrected chi connectivity index (χ3v) is 4.38. The highest BCUT2D eigenvalue weighted by Crippen LogP contribution is 2.48. The Balaban J connectivity index is 2.10. The van der Waals surface area contributed by atoms with Gasteiger partial charge in [-0.1, -0.05) is 6.92 Å². The molecule has 0 unspecified atom stereocenters. The van der Waals surface area contributed by atoms with E-state index in [0.29, 0.717) is 18.8 Å². The third-order valence-electron chi connectivity index (χ3n) is 4.38. The number of aliphatic hydroxyl groups excluding tert-OH is 1. The highest BCUT2D eigenvalue weighted by molar-refractivity contribution is 5.35. The molecule has 1 aromatic rings. The fraction of sp³-hybridized carbons (Fsp3) is 0.769. The van der Waals surface area contributed by atoms with Gasteiger partial charge in [-0.15, -0.1) is 0 Å². The Hall–Kier alpha value is -1.18. The molecule has 0 saturated heterocycles. The topological polar surface area (TPSA) is 38.0 Å². The SMILES string of the molecule is CC1CC(n2nc(C(F)(F)F)c3c2CCC(F)(F)[C@H]3O)C1. The molecule has 3 nitrogen and oxygen atoms in total. The van der Waals surface area contributed by atoms with Crippen LogP contribution in [0.25, 0.3) is 0 Å². The Morgan fingerprint density at radius 1 is 1.29 bits per heavy atom. The predicted molar refractivity (Wildman–Crippen MR) is 62.9 cm³/mol. The number of aromatic nitrogens is 2. The maximum Gasteiger partial charge on any atom is 0.435 e. The molecule has 1 heterocycles. The number of fused-ring (bicyclic) bond motifs is 1. The fourth-order valence-electron chi connectivity index (χ4n) is 3.22. The average Bonchev–Trinajstić information content (AvgIpc) is 2.69. The zero-order valence-corrected chi connectivity index (χ0v) is 11.3. The predicted octanol–water partition coefficient (Wildman–Crippen LogP) is 3.49. The Bertz CT molecular complexity index is 560. The first-order chi connectivity index (χ1) is 9.61. The van der Waals surface area contributed by atoms with Crippen LogP contribution in [0.4, 0.5) is 22.0 Å². The molecule has 1 saturated carbocycles. The van der Waals surface area contributed by atoms with Gasteiger partial charge in [0.05, 0.1) is 6.04 Å². The van der Waals surface area contributed by atoms with Crippen molar-refractivity contribution >= 4 is 0 Å². The molecule has 3 rings (SSSR count). The van der Waals surface area contributed by atoms with E-state index in [1.807, 2.05) is 6.92 Å². The standard InChI is InChI=1S/C13H15F5N2O/c1-6-4-7(5-6)20-8-2-3-12(14,15)11(21)9(8)10(19-20)13(16,17)18/h6-7,11,21H,2-5H2,1H3/t6?,7?,11-/m0/s1. The fourth-order valence-corrected chi connectivity index (χ4v) is 3.22. The van der Waals surface area contributed by atoms with Crippen molar-refractivity contribution < 1.29 is 27.1 Å². The van der Waals surface area contributed by atoms with E-state index < -0.39 is 35.9 Å². The Labute approximate surface area is 117 Å². The molecule has 1 fully saturated rings. The summed E-state index contributed by atoms with van der Waals surface area (Å²) in [7, 11) is 0. The minimum Gasteiger partial charge on any atom is -0.382 e. The highest BCUT2D eigenvalue weighted by Gasteiger charge is 2.52. The summed E-state index contributed by atoms with van der Waals surface area (Å²) in [5.74, 6) is -3.16. The van der Waals surface area contributed by atoms with Crippen molar-refractivity contribution in [2.24, 2.45) is 5.92 Å². The quantitative estimate of drug-likeness (QED) is 0.806. The van der Waals surface area contributed by atoms with Crippen LogP contribution >= 0.6 is 0 Å². The number of halogens is 5. The van der Waals surface area contributed by atoms with Crippen molar-refractivity contribution in [1.29, 1.82) is 0 Å². The summed E-state index contributed by atoms with van der Waals surface area (Å²) in [6.07, 6.45) is -6.79. The third kappa shape index (κ3) is 2.23. The average molecular weight is 310 g/mol. The van der Waals surface area contributed by atoms with Crippen LogP contribution in [-0.4, -0.2) is 20.8 Å². The lowest BCUT2D eigenvalue weighted by molar-refractivity contribution is -0.150. The molecule has 0 bridgehead atoms. The number of hydrogen-bond acceptors (Lipinski definition) is 2. The van der Waals surface area contributed by atoms with Crippen molar-refractivity contribution in [3.8, 4) is 0 Å². The highest BCUT2D eigenvalue weighted by atomic mass is 19.4. The summed E-state index contributed by atoms with van der Waals surface area (Å²) in [5, 5.41) is 13.2. The lowest BCUT2D eigenvalue weighted by atomic mass is 9.81. The van der Waals surface area contributed by atoms with Crippen molar-refractivity contribution in [1.82, 2.24) is 9.78 Å². The molecule has 0 amide bonds. The maximum absolute atomic E-state index is 13.6. The van der Waals surface area contributed by atoms with Crippen LogP contribution in [0.15, 0.2) is 0 Å². The van der Waals surface area contributed by atoms with Crippen molar-refractivity contribution in [3.63, 3.8) is 0 Å². The van der Waals surface area contributed by atoms with E-state index in [4.69, 9.17) is 0 Å². The van der Waals surface area contributed by atoms with Crippen LogP contribution < -0.4 is 0 Å². The van der Waals surface area contributed by atoms with Gasteiger partial charge in [0.15, 0.2) is 5.69 Å². The Morgan fingerprint density at radius 2 is 1.90 bits per heavy atom. The van der Waals surface area contributed by atoms with Gasteiger partial charge in [-0.2, -0.15) is 18.3 Å². The van der Waals surface area contributed by atoms with Crippen LogP contribution in [-0.2, 0) is 12.6 Å². The molecule has 8 heteroatoms. The number of rotatable bonds is 1. The molecule has 1 N–H and O–H groups in total. The lowest BCUT2D eigenvalue weighted by Crippen LogP contribution is -2.34. The first kappa shape index (κ1) is 14.7. The molecule has 0 radical (unpaired) electrons. The van der Waals surface area contributed by atoms with Crippen molar-refractivity contribution in [3.05, 3.63) is 17.0 Å². The largest absolute Gasteiger partial charge is 0.435 e. The summed E-state index contributed by atoms with van der Waals surface area (Å²) in [6.45, 7) is 1.97. The van der Waals surface area contributed by atoms with Gasteiger partial charge in [0.25, 0.3) is 5.92 Å². The van der Waals surface area contributed by atoms with Gasteiger partial charge in [-0.25, -0.2) is 8.78 Å². The van der Waals surface area contributed by atoms with Gasteiger partial charge in [0, 0.05) is 17.7 Å². The molecule has 2 aliphatic carbocycles. The summed E-state index contributed by atoms with van der Waals surface area (Å²) >= 11 is 0. The first-order valence-corrected chi connectivity index (χ1v) is 6.85. The Morgan fingerprint density at radius 3 is 2.43 bits per heavy atom. The van der Waals surface area contributed by atoms with Gasteiger partial charge >= 0.3 is 6.18 Å². The molecule has 0 aromatic carbocycles. The second-order valence-corrected chi connectivity index (χ2v) is 6.05. The second-order valence-electron chi connectivity index (χ2n) is 6.05. The summed E-state index contributed by atoms with van der Waals surface area (Å²) in [5.41, 5.74) is -2.00. The van der Waals surface area contributed by atoms with E-state index in [0.717, 1.165) is 0 Å². The van der Waals surface area contributed by atoms with Gasteiger partial charge in [0.2, 0.25) is 0 Å². The van der Waals surface area contributed by atoms with E-state index >= 15 is 0 Å². The van der Waals surface area contributed by atoms with Crippen LogP contribution in [0, 0.1) is 5.92 Å². The zero-order chi connectivity index (χ0) is 15.6. The smallest absolute Gasteiger partial charge is 0.382 e. The van der Waals surface area contributed by atoms with Crippen LogP contribution in [0.2, 0.25) is 0 Å². The molecule has 1 aromatic heterocycles. The van der Waals surface area contributed by atoms with E-state index in [9.17, 15) is 27.1 Å². The molecule has 0 spiro atoms. The van der Waals surface area contributed by atoms with Gasteiger partial charge in [-0.05, 0) is 25.2 Å². The summed E-state index contributed by atoms with van der Waals surface area (Å²) in [4.78, 5) is 0. The van der Waals surface area contributed by atoms with Crippen LogP contribution in [0.3, 0.4) is 0 Å². The maximum atomic E-state index is 13.6. The Kier molecular flexibility index (Phi) is 3.10. The molecule has 21 heavy (non-hydrogen) atoms. The number of hydrogen-bond donors (Lipinski definition) is 1. The number of aliphatic hydroxyl groups is 1. The van der Waals surface area contributed by atoms with Crippen molar-refractivity contribution in [2.75, 3.05) is 0 Å². The molecular formula is C13H15F5N2O. The van der Waals surface area contributed by atoms with Gasteiger partial charge in [-0.3, -0.25) is 4.68 Å². The number of alkyl halides is 5.